The van der Waals surface area contributed by atoms with E-state index in [4.69, 9.17) is 28.2 Å². The smallest absolute Gasteiger partial charge is 0.254 e. The summed E-state index contributed by atoms with van der Waals surface area (Å²) in [6.45, 7) is 5.87. The molecule has 0 unspecified atom stereocenters. The zero-order valence-corrected chi connectivity index (χ0v) is 21.6. The van der Waals surface area contributed by atoms with Crippen molar-refractivity contribution in [2.24, 2.45) is 0 Å². The van der Waals surface area contributed by atoms with Crippen molar-refractivity contribution >= 4 is 46.1 Å². The number of para-hydroxylation sites is 1. The van der Waals surface area contributed by atoms with E-state index in [0.717, 1.165) is 41.7 Å². The first-order valence-electron chi connectivity index (χ1n) is 12.1. The molecule has 1 saturated heterocycles. The van der Waals surface area contributed by atoms with Gasteiger partial charge in [0.25, 0.3) is 5.91 Å². The molecule has 3 aromatic carbocycles. The van der Waals surface area contributed by atoms with Crippen LogP contribution in [0.1, 0.15) is 21.5 Å². The second-order valence-corrected chi connectivity index (χ2v) is 9.85. The molecule has 6 heteroatoms. The van der Waals surface area contributed by atoms with E-state index in [-0.39, 0.29) is 5.91 Å². The van der Waals surface area contributed by atoms with Gasteiger partial charge in [0.05, 0.1) is 21.8 Å². The zero-order chi connectivity index (χ0) is 25.1. The van der Waals surface area contributed by atoms with E-state index >= 15 is 0 Å². The van der Waals surface area contributed by atoms with Crippen LogP contribution < -0.4 is 0 Å². The molecule has 5 rings (SSSR count). The monoisotopic (exact) mass is 515 g/mol. The Kier molecular flexibility index (Phi) is 7.38. The molecular weight excluding hydrogens is 489 g/mol. The molecule has 0 bridgehead atoms. The van der Waals surface area contributed by atoms with Crippen molar-refractivity contribution in [2.45, 2.75) is 6.92 Å². The largest absolute Gasteiger partial charge is 0.336 e. The van der Waals surface area contributed by atoms with Gasteiger partial charge in [-0.2, -0.15) is 0 Å². The lowest BCUT2D eigenvalue weighted by molar-refractivity contribution is 0.0651. The molecule has 0 N–H and O–H groups in total. The Labute approximate surface area is 221 Å². The number of hydrogen-bond donors (Lipinski definition) is 0. The predicted molar refractivity (Wildman–Crippen MR) is 150 cm³/mol. The van der Waals surface area contributed by atoms with Crippen LogP contribution >= 0.6 is 23.2 Å². The Morgan fingerprint density at radius 2 is 1.67 bits per heavy atom. The summed E-state index contributed by atoms with van der Waals surface area (Å²) in [7, 11) is 0. The van der Waals surface area contributed by atoms with E-state index in [0.29, 0.717) is 34.4 Å². The summed E-state index contributed by atoms with van der Waals surface area (Å²) in [4.78, 5) is 23.1. The number of carbonyl (C=O) groups is 1. The highest BCUT2D eigenvalue weighted by atomic mass is 35.5. The molecule has 2 heterocycles. The fourth-order valence-electron chi connectivity index (χ4n) is 4.72. The van der Waals surface area contributed by atoms with Crippen molar-refractivity contribution in [1.29, 1.82) is 0 Å². The minimum absolute atomic E-state index is 0.0388. The molecule has 4 aromatic rings. The number of hydrogen-bond acceptors (Lipinski definition) is 3. The van der Waals surface area contributed by atoms with Gasteiger partial charge in [-0.1, -0.05) is 83.9 Å². The quantitative estimate of drug-likeness (QED) is 0.287. The minimum Gasteiger partial charge on any atom is -0.336 e. The fraction of sp³-hybridized carbons (Fsp3) is 0.200. The van der Waals surface area contributed by atoms with Gasteiger partial charge in [0.1, 0.15) is 0 Å². The lowest BCUT2D eigenvalue weighted by Crippen LogP contribution is -2.48. The van der Waals surface area contributed by atoms with Gasteiger partial charge in [-0.25, -0.2) is 4.98 Å². The van der Waals surface area contributed by atoms with Crippen molar-refractivity contribution in [2.75, 3.05) is 32.7 Å². The summed E-state index contributed by atoms with van der Waals surface area (Å²) in [6, 6.07) is 23.5. The first-order valence-corrected chi connectivity index (χ1v) is 12.8. The minimum atomic E-state index is 0.0388. The molecule has 1 aliphatic heterocycles. The van der Waals surface area contributed by atoms with Crippen LogP contribution in [0.15, 0.2) is 78.9 Å². The van der Waals surface area contributed by atoms with Crippen molar-refractivity contribution < 1.29 is 4.79 Å². The van der Waals surface area contributed by atoms with Gasteiger partial charge in [-0.05, 0) is 42.3 Å². The van der Waals surface area contributed by atoms with Gasteiger partial charge < -0.3 is 4.90 Å². The van der Waals surface area contributed by atoms with Crippen molar-refractivity contribution in [3.63, 3.8) is 0 Å². The average Bonchev–Trinajstić information content (AvgIpc) is 2.89. The molecule has 4 nitrogen and oxygen atoms in total. The van der Waals surface area contributed by atoms with E-state index in [1.165, 1.54) is 5.56 Å². The number of carbonyl (C=O) groups excluding carboxylic acids is 1. The molecule has 1 aliphatic rings. The van der Waals surface area contributed by atoms with Gasteiger partial charge in [-0.15, -0.1) is 0 Å². The van der Waals surface area contributed by atoms with Crippen LogP contribution in [0.3, 0.4) is 0 Å². The van der Waals surface area contributed by atoms with E-state index < -0.39 is 0 Å². The van der Waals surface area contributed by atoms with Crippen LogP contribution in [0.5, 0.6) is 0 Å². The molecule has 0 spiro atoms. The van der Waals surface area contributed by atoms with Crippen LogP contribution in [0, 0.1) is 6.92 Å². The van der Waals surface area contributed by atoms with Crippen molar-refractivity contribution in [3.8, 4) is 11.3 Å². The highest BCUT2D eigenvalue weighted by Gasteiger charge is 2.26. The fourth-order valence-corrected chi connectivity index (χ4v) is 5.22. The number of benzene rings is 3. The lowest BCUT2D eigenvalue weighted by Gasteiger charge is -2.34. The molecule has 0 atom stereocenters. The molecule has 36 heavy (non-hydrogen) atoms. The first-order chi connectivity index (χ1) is 17.5. The predicted octanol–water partition coefficient (Wildman–Crippen LogP) is 6.99. The van der Waals surface area contributed by atoms with Gasteiger partial charge in [0, 0.05) is 48.7 Å². The Bertz CT molecular complexity index is 1430. The summed E-state index contributed by atoms with van der Waals surface area (Å²) < 4.78 is 0. The Morgan fingerprint density at radius 1 is 0.944 bits per heavy atom. The maximum Gasteiger partial charge on any atom is 0.254 e. The number of pyridine rings is 1. The lowest BCUT2D eigenvalue weighted by atomic mass is 9.96. The maximum absolute atomic E-state index is 13.9. The van der Waals surface area contributed by atoms with Crippen LogP contribution in [-0.4, -0.2) is 53.4 Å². The standard InChI is InChI=1S/C30H27Cl2N3O/c1-21-28(25-11-5-6-12-27(25)33-29(21)24-14-13-23(31)20-26(24)32)30(36)35-18-16-34(17-19-35)15-7-10-22-8-3-2-4-9-22/h2-14,20H,15-19H2,1H3/b10-7+. The summed E-state index contributed by atoms with van der Waals surface area (Å²) in [6.07, 6.45) is 4.34. The van der Waals surface area contributed by atoms with E-state index in [1.54, 1.807) is 12.1 Å². The Morgan fingerprint density at radius 3 is 2.42 bits per heavy atom. The second-order valence-electron chi connectivity index (χ2n) is 9.01. The number of fused-ring (bicyclic) bond motifs is 1. The maximum atomic E-state index is 13.9. The summed E-state index contributed by atoms with van der Waals surface area (Å²) in [5.74, 6) is 0.0388. The molecule has 1 amide bonds. The number of nitrogens with zero attached hydrogens (tertiary/aromatic N) is 3. The van der Waals surface area contributed by atoms with Crippen LogP contribution in [0.4, 0.5) is 0 Å². The van der Waals surface area contributed by atoms with E-state index in [2.05, 4.69) is 29.2 Å². The SMILES string of the molecule is Cc1c(-c2ccc(Cl)cc2Cl)nc2ccccc2c1C(=O)N1CCN(C/C=C/c2ccccc2)CC1. The molecule has 0 saturated carbocycles. The van der Waals surface area contributed by atoms with Crippen LogP contribution in [-0.2, 0) is 0 Å². The first kappa shape index (κ1) is 24.5. The molecule has 1 aromatic heterocycles. The highest BCUT2D eigenvalue weighted by molar-refractivity contribution is 6.36. The third-order valence-corrected chi connectivity index (χ3v) is 7.22. The van der Waals surface area contributed by atoms with Gasteiger partial charge >= 0.3 is 0 Å². The van der Waals surface area contributed by atoms with E-state index in [1.807, 2.05) is 60.4 Å². The second kappa shape index (κ2) is 10.8. The van der Waals surface area contributed by atoms with E-state index in [9.17, 15) is 4.79 Å². The van der Waals surface area contributed by atoms with Crippen molar-refractivity contribution in [1.82, 2.24) is 14.8 Å². The number of amides is 1. The Balaban J connectivity index is 1.38. The van der Waals surface area contributed by atoms with Gasteiger partial charge in [-0.3, -0.25) is 9.69 Å². The Hall–Kier alpha value is -3.18. The summed E-state index contributed by atoms with van der Waals surface area (Å²) >= 11 is 12.7. The van der Waals surface area contributed by atoms with Crippen LogP contribution in [0.25, 0.3) is 28.2 Å². The number of rotatable bonds is 5. The van der Waals surface area contributed by atoms with Gasteiger partial charge in [0.15, 0.2) is 0 Å². The third-order valence-electron chi connectivity index (χ3n) is 6.67. The molecule has 0 aliphatic carbocycles. The topological polar surface area (TPSA) is 36.4 Å². The average molecular weight is 516 g/mol. The number of aromatic nitrogens is 1. The summed E-state index contributed by atoms with van der Waals surface area (Å²) in [5, 5.41) is 1.95. The van der Waals surface area contributed by atoms with Gasteiger partial charge in [0.2, 0.25) is 0 Å². The van der Waals surface area contributed by atoms with Crippen molar-refractivity contribution in [3.05, 3.63) is 106 Å². The third kappa shape index (κ3) is 5.17. The highest BCUT2D eigenvalue weighted by Crippen LogP contribution is 2.35. The molecule has 0 radical (unpaired) electrons. The normalized spacial score (nSPS) is 14.6. The molecular formula is C30H27Cl2N3O. The number of halogens is 2. The zero-order valence-electron chi connectivity index (χ0n) is 20.1. The molecule has 1 fully saturated rings. The number of piperazine rings is 1. The molecule has 182 valence electrons. The summed E-state index contributed by atoms with van der Waals surface area (Å²) in [5.41, 5.74) is 4.98. The van der Waals surface area contributed by atoms with Crippen LogP contribution in [0.2, 0.25) is 10.0 Å².